The summed E-state index contributed by atoms with van der Waals surface area (Å²) in [6.07, 6.45) is 0. The van der Waals surface area contributed by atoms with Crippen LogP contribution in [0.2, 0.25) is 0 Å². The molecule has 0 unspecified atom stereocenters. The molecule has 2 heterocycles. The number of carbonyl (C=O) groups excluding carboxylic acids is 1. The van der Waals surface area contributed by atoms with Gasteiger partial charge in [0.15, 0.2) is 11.5 Å². The number of H-pyrrole nitrogens is 1. The minimum absolute atomic E-state index is 0.131. The molecular weight excluding hydrogens is 330 g/mol. The third kappa shape index (κ3) is 2.69. The Morgan fingerprint density at radius 1 is 1.15 bits per heavy atom. The predicted molar refractivity (Wildman–Crippen MR) is 98.7 cm³/mol. The van der Waals surface area contributed by atoms with Gasteiger partial charge in [0.05, 0.1) is 11.2 Å². The summed E-state index contributed by atoms with van der Waals surface area (Å²) >= 11 is 0. The van der Waals surface area contributed by atoms with Gasteiger partial charge in [0, 0.05) is 17.1 Å². The van der Waals surface area contributed by atoms with Crippen molar-refractivity contribution in [2.45, 2.75) is 13.8 Å². The van der Waals surface area contributed by atoms with Crippen molar-refractivity contribution in [1.29, 1.82) is 0 Å². The second kappa shape index (κ2) is 6.03. The quantitative estimate of drug-likeness (QED) is 0.530. The summed E-state index contributed by atoms with van der Waals surface area (Å²) in [6, 6.07) is 14.4. The second-order valence-corrected chi connectivity index (χ2v) is 6.13. The third-order valence-electron chi connectivity index (χ3n) is 4.24. The molecular formula is C19H17N5O2. The van der Waals surface area contributed by atoms with Gasteiger partial charge < -0.3 is 10.4 Å². The Morgan fingerprint density at radius 2 is 1.96 bits per heavy atom. The maximum absolute atomic E-state index is 12.6. The molecule has 7 heteroatoms. The van der Waals surface area contributed by atoms with E-state index in [-0.39, 0.29) is 11.7 Å². The van der Waals surface area contributed by atoms with Crippen LogP contribution < -0.4 is 5.32 Å². The Morgan fingerprint density at radius 3 is 2.77 bits per heavy atom. The van der Waals surface area contributed by atoms with Crippen molar-refractivity contribution in [2.75, 3.05) is 5.32 Å². The van der Waals surface area contributed by atoms with Crippen molar-refractivity contribution in [1.82, 2.24) is 20.0 Å². The van der Waals surface area contributed by atoms with Gasteiger partial charge in [-0.1, -0.05) is 18.2 Å². The van der Waals surface area contributed by atoms with E-state index in [1.807, 2.05) is 38.1 Å². The van der Waals surface area contributed by atoms with E-state index in [4.69, 9.17) is 0 Å². The number of fused-ring (bicyclic) bond motifs is 1. The van der Waals surface area contributed by atoms with Crippen LogP contribution in [0.1, 0.15) is 21.7 Å². The summed E-state index contributed by atoms with van der Waals surface area (Å²) in [5.74, 6) is 0.182. The number of aromatic amines is 1. The monoisotopic (exact) mass is 347 g/mol. The molecule has 26 heavy (non-hydrogen) atoms. The lowest BCUT2D eigenvalue weighted by atomic mass is 10.2. The first-order valence-corrected chi connectivity index (χ1v) is 8.14. The van der Waals surface area contributed by atoms with Crippen molar-refractivity contribution in [3.05, 3.63) is 65.5 Å². The highest BCUT2D eigenvalue weighted by atomic mass is 16.3. The smallest absolute Gasteiger partial charge is 0.277 e. The topological polar surface area (TPSA) is 95.8 Å². The lowest BCUT2D eigenvalue weighted by Crippen LogP contribution is -2.13. The Kier molecular flexibility index (Phi) is 3.69. The second-order valence-electron chi connectivity index (χ2n) is 6.13. The zero-order chi connectivity index (χ0) is 18.3. The molecule has 4 aromatic rings. The maximum atomic E-state index is 12.6. The zero-order valence-electron chi connectivity index (χ0n) is 14.3. The number of hydrogen-bond donors (Lipinski definition) is 3. The lowest BCUT2D eigenvalue weighted by Gasteiger charge is -2.07. The van der Waals surface area contributed by atoms with Gasteiger partial charge in [-0.3, -0.25) is 9.89 Å². The average molecular weight is 347 g/mol. The van der Waals surface area contributed by atoms with Crippen molar-refractivity contribution in [3.8, 4) is 11.4 Å². The number of phenols is 1. The molecule has 2 aromatic carbocycles. The molecule has 0 saturated heterocycles. The van der Waals surface area contributed by atoms with Crippen LogP contribution in [0.5, 0.6) is 5.75 Å². The van der Waals surface area contributed by atoms with Crippen LogP contribution in [0, 0.1) is 13.8 Å². The molecule has 0 aliphatic carbocycles. The lowest BCUT2D eigenvalue weighted by molar-refractivity contribution is 0.102. The number of hydrogen-bond acceptors (Lipinski definition) is 4. The van der Waals surface area contributed by atoms with Gasteiger partial charge in [0.25, 0.3) is 5.91 Å². The van der Waals surface area contributed by atoms with Crippen LogP contribution in [-0.4, -0.2) is 31.0 Å². The van der Waals surface area contributed by atoms with Crippen LogP contribution >= 0.6 is 0 Å². The highest BCUT2D eigenvalue weighted by Gasteiger charge is 2.16. The van der Waals surface area contributed by atoms with E-state index in [1.54, 1.807) is 28.9 Å². The molecule has 0 atom stereocenters. The fraction of sp³-hybridized carbons (Fsp3) is 0.105. The number of para-hydroxylation sites is 1. The van der Waals surface area contributed by atoms with Crippen molar-refractivity contribution in [2.24, 2.45) is 0 Å². The Hall–Kier alpha value is -3.61. The standard InChI is InChI=1S/C19H17N5O2/c1-11-5-3-4-6-17(11)24-12(2)9-16(23-24)19(26)20-18-14-8-7-13(25)10-15(14)21-22-18/h3-10,25H,1-2H3,(H2,20,21,22,26). The van der Waals surface area contributed by atoms with Crippen molar-refractivity contribution >= 4 is 22.6 Å². The van der Waals surface area contributed by atoms with Crippen LogP contribution in [0.4, 0.5) is 5.82 Å². The zero-order valence-corrected chi connectivity index (χ0v) is 14.3. The van der Waals surface area contributed by atoms with E-state index in [9.17, 15) is 9.90 Å². The number of aromatic nitrogens is 4. The highest BCUT2D eigenvalue weighted by molar-refractivity contribution is 6.07. The number of phenolic OH excluding ortho intramolecular Hbond substituents is 1. The van der Waals surface area contributed by atoms with E-state index in [1.165, 1.54) is 0 Å². The highest BCUT2D eigenvalue weighted by Crippen LogP contribution is 2.24. The Labute approximate surface area is 149 Å². The van der Waals surface area contributed by atoms with Crippen LogP contribution in [0.3, 0.4) is 0 Å². The fourth-order valence-electron chi connectivity index (χ4n) is 2.90. The van der Waals surface area contributed by atoms with Gasteiger partial charge in [0.2, 0.25) is 0 Å². The average Bonchev–Trinajstić information content (AvgIpc) is 3.19. The normalized spacial score (nSPS) is 11.0. The molecule has 3 N–H and O–H groups in total. The Balaban J connectivity index is 1.65. The van der Waals surface area contributed by atoms with Gasteiger partial charge >= 0.3 is 0 Å². The number of amides is 1. The molecule has 0 bridgehead atoms. The van der Waals surface area contributed by atoms with Crippen LogP contribution in [0.25, 0.3) is 16.6 Å². The largest absolute Gasteiger partial charge is 0.508 e. The van der Waals surface area contributed by atoms with Gasteiger partial charge in [-0.25, -0.2) is 4.68 Å². The van der Waals surface area contributed by atoms with Crippen molar-refractivity contribution in [3.63, 3.8) is 0 Å². The van der Waals surface area contributed by atoms with Gasteiger partial charge in [-0.15, -0.1) is 0 Å². The molecule has 0 fully saturated rings. The van der Waals surface area contributed by atoms with Gasteiger partial charge in [0.1, 0.15) is 5.75 Å². The van der Waals surface area contributed by atoms with E-state index < -0.39 is 0 Å². The van der Waals surface area contributed by atoms with E-state index in [2.05, 4.69) is 20.6 Å². The molecule has 0 spiro atoms. The number of aryl methyl sites for hydroxylation is 2. The number of nitrogens with zero attached hydrogens (tertiary/aromatic N) is 3. The molecule has 130 valence electrons. The summed E-state index contributed by atoms with van der Waals surface area (Å²) < 4.78 is 1.75. The summed E-state index contributed by atoms with van der Waals surface area (Å²) in [4.78, 5) is 12.6. The molecule has 7 nitrogen and oxygen atoms in total. The number of aromatic hydroxyl groups is 1. The molecule has 0 saturated carbocycles. The Bertz CT molecular complexity index is 1130. The molecule has 2 aromatic heterocycles. The first kappa shape index (κ1) is 15.9. The minimum atomic E-state index is -0.345. The number of benzene rings is 2. The minimum Gasteiger partial charge on any atom is -0.508 e. The molecule has 0 aliphatic rings. The molecule has 0 radical (unpaired) electrons. The van der Waals surface area contributed by atoms with E-state index in [0.717, 1.165) is 16.9 Å². The van der Waals surface area contributed by atoms with Crippen LogP contribution in [0.15, 0.2) is 48.5 Å². The van der Waals surface area contributed by atoms with Gasteiger partial charge in [-0.05, 0) is 43.7 Å². The van der Waals surface area contributed by atoms with E-state index in [0.29, 0.717) is 22.4 Å². The summed E-state index contributed by atoms with van der Waals surface area (Å²) in [6.45, 7) is 3.91. The number of nitrogens with one attached hydrogen (secondary N) is 2. The first-order chi connectivity index (χ1) is 12.5. The SMILES string of the molecule is Cc1ccccc1-n1nc(C(=O)Nc2n[nH]c3cc(O)ccc23)cc1C. The number of rotatable bonds is 3. The molecule has 1 amide bonds. The van der Waals surface area contributed by atoms with Crippen LogP contribution in [-0.2, 0) is 0 Å². The van der Waals surface area contributed by atoms with Gasteiger partial charge in [-0.2, -0.15) is 10.2 Å². The molecule has 4 rings (SSSR count). The number of anilines is 1. The molecule has 0 aliphatic heterocycles. The first-order valence-electron chi connectivity index (χ1n) is 8.14. The summed E-state index contributed by atoms with van der Waals surface area (Å²) in [7, 11) is 0. The fourth-order valence-corrected chi connectivity index (χ4v) is 2.90. The number of carbonyl (C=O) groups is 1. The summed E-state index contributed by atoms with van der Waals surface area (Å²) in [5.41, 5.74) is 3.82. The van der Waals surface area contributed by atoms with E-state index >= 15 is 0 Å². The third-order valence-corrected chi connectivity index (χ3v) is 4.24. The summed E-state index contributed by atoms with van der Waals surface area (Å²) in [5, 5.41) is 24.3. The predicted octanol–water partition coefficient (Wildman–Crippen LogP) is 3.32. The van der Waals surface area contributed by atoms with Crippen molar-refractivity contribution < 1.29 is 9.90 Å². The maximum Gasteiger partial charge on any atom is 0.277 e.